The van der Waals surface area contributed by atoms with Crippen molar-refractivity contribution in [2.45, 2.75) is 33.4 Å². The second kappa shape index (κ2) is 12.5. The van der Waals surface area contributed by atoms with Crippen LogP contribution in [0.4, 0.5) is 4.79 Å². The van der Waals surface area contributed by atoms with Crippen LogP contribution in [-0.4, -0.2) is 39.1 Å². The number of carbonyl (C=O) groups is 2. The number of nitrogens with one attached hydrogen (secondary N) is 2. The third-order valence-corrected chi connectivity index (χ3v) is 8.66. The average Bonchev–Trinajstić information content (AvgIpc) is 3.46. The summed E-state index contributed by atoms with van der Waals surface area (Å²) in [5.41, 5.74) is 2.86. The molecule has 11 heteroatoms. The summed E-state index contributed by atoms with van der Waals surface area (Å²) in [4.78, 5) is 53.1. The van der Waals surface area contributed by atoms with E-state index < -0.39 is 23.9 Å². The van der Waals surface area contributed by atoms with Gasteiger partial charge in [-0.15, -0.1) is 11.3 Å². The van der Waals surface area contributed by atoms with E-state index >= 15 is 0 Å². The standard InChI is InChI=1S/C33H30N4O6S/c1-4-23-16-27-30(39)36(18-28(38)21-10-12-22(43-3)13-11-21)33(42)37(31(27)44-23)17-20-9-14-24(19(2)15-20)25-7-5-6-8-26(25)29(34)35-32(40)41/h5-16H,4,17-18H2,1-3H3,(H2,34,35)(H,40,41). The molecule has 0 aliphatic carbocycles. The fraction of sp³-hybridized carbons (Fsp3) is 0.182. The van der Waals surface area contributed by atoms with Gasteiger partial charge in [-0.05, 0) is 65.9 Å². The second-order valence-corrected chi connectivity index (χ2v) is 11.3. The van der Waals surface area contributed by atoms with Crippen molar-refractivity contribution in [3.63, 3.8) is 0 Å². The summed E-state index contributed by atoms with van der Waals surface area (Å²) in [7, 11) is 1.53. The Hall–Kier alpha value is -5.29. The maximum atomic E-state index is 13.8. The van der Waals surface area contributed by atoms with Gasteiger partial charge in [-0.2, -0.15) is 0 Å². The number of thiophene rings is 1. The molecule has 3 aromatic carbocycles. The Kier molecular flexibility index (Phi) is 8.59. The molecular weight excluding hydrogens is 580 g/mol. The summed E-state index contributed by atoms with van der Waals surface area (Å²) in [6.45, 7) is 3.64. The number of carboxylic acid groups (broad SMARTS) is 1. The highest BCUT2D eigenvalue weighted by Crippen LogP contribution is 2.29. The number of amides is 1. The zero-order chi connectivity index (χ0) is 31.5. The molecule has 44 heavy (non-hydrogen) atoms. The van der Waals surface area contributed by atoms with Crippen LogP contribution >= 0.6 is 11.3 Å². The fourth-order valence-corrected chi connectivity index (χ4v) is 6.21. The van der Waals surface area contributed by atoms with Crippen molar-refractivity contribution in [2.24, 2.45) is 0 Å². The first-order chi connectivity index (χ1) is 21.1. The molecule has 0 radical (unpaired) electrons. The second-order valence-electron chi connectivity index (χ2n) is 10.2. The minimum Gasteiger partial charge on any atom is -0.497 e. The van der Waals surface area contributed by atoms with Crippen LogP contribution in [0.25, 0.3) is 21.3 Å². The van der Waals surface area contributed by atoms with Crippen molar-refractivity contribution in [1.29, 1.82) is 5.41 Å². The zero-order valence-electron chi connectivity index (χ0n) is 24.3. The molecule has 10 nitrogen and oxygen atoms in total. The average molecular weight is 611 g/mol. The first-order valence-electron chi connectivity index (χ1n) is 13.8. The number of rotatable bonds is 9. The van der Waals surface area contributed by atoms with Gasteiger partial charge < -0.3 is 9.84 Å². The number of amidine groups is 1. The molecule has 0 aliphatic rings. The molecule has 2 heterocycles. The Bertz CT molecular complexity index is 2040. The highest BCUT2D eigenvalue weighted by Gasteiger charge is 2.20. The van der Waals surface area contributed by atoms with Crippen LogP contribution in [0.2, 0.25) is 0 Å². The molecule has 0 atom stereocenters. The predicted octanol–water partition coefficient (Wildman–Crippen LogP) is 5.30. The normalized spacial score (nSPS) is 11.0. The van der Waals surface area contributed by atoms with E-state index in [1.165, 1.54) is 23.0 Å². The number of hydrogen-bond acceptors (Lipinski definition) is 7. The predicted molar refractivity (Wildman–Crippen MR) is 171 cm³/mol. The topological polar surface area (TPSA) is 143 Å². The van der Waals surface area contributed by atoms with Crippen molar-refractivity contribution >= 4 is 39.3 Å². The first-order valence-corrected chi connectivity index (χ1v) is 14.6. The summed E-state index contributed by atoms with van der Waals surface area (Å²) in [6, 6.07) is 21.0. The van der Waals surface area contributed by atoms with Crippen LogP contribution in [0.5, 0.6) is 5.75 Å². The highest BCUT2D eigenvalue weighted by molar-refractivity contribution is 7.18. The number of carbonyl (C=O) groups excluding carboxylic acids is 1. The van der Waals surface area contributed by atoms with E-state index in [1.54, 1.807) is 42.5 Å². The molecule has 0 saturated carbocycles. The van der Waals surface area contributed by atoms with Crippen LogP contribution in [0, 0.1) is 12.3 Å². The highest BCUT2D eigenvalue weighted by atomic mass is 32.1. The van der Waals surface area contributed by atoms with E-state index in [9.17, 15) is 19.2 Å². The number of ether oxygens (including phenoxy) is 1. The monoisotopic (exact) mass is 610 g/mol. The van der Waals surface area contributed by atoms with E-state index in [0.717, 1.165) is 26.1 Å². The smallest absolute Gasteiger partial charge is 0.410 e. The molecule has 1 amide bonds. The number of benzene rings is 3. The maximum absolute atomic E-state index is 13.8. The lowest BCUT2D eigenvalue weighted by Gasteiger charge is -2.15. The number of ketones is 1. The van der Waals surface area contributed by atoms with Crippen molar-refractivity contribution in [3.05, 3.63) is 121 Å². The lowest BCUT2D eigenvalue weighted by molar-refractivity contribution is 0.0968. The minimum atomic E-state index is -1.32. The molecular formula is C33H30N4O6S. The molecule has 0 spiro atoms. The van der Waals surface area contributed by atoms with E-state index in [-0.39, 0.29) is 18.2 Å². The van der Waals surface area contributed by atoms with Gasteiger partial charge in [-0.3, -0.25) is 29.4 Å². The van der Waals surface area contributed by atoms with Gasteiger partial charge in [0.15, 0.2) is 5.78 Å². The van der Waals surface area contributed by atoms with Crippen LogP contribution in [0.15, 0.2) is 82.4 Å². The zero-order valence-corrected chi connectivity index (χ0v) is 25.2. The number of aryl methyl sites for hydroxylation is 2. The Morgan fingerprint density at radius 2 is 1.70 bits per heavy atom. The minimum absolute atomic E-state index is 0.162. The molecule has 5 aromatic rings. The lowest BCUT2D eigenvalue weighted by atomic mass is 9.94. The van der Waals surface area contributed by atoms with Gasteiger partial charge in [-0.25, -0.2) is 9.59 Å². The summed E-state index contributed by atoms with van der Waals surface area (Å²) in [5, 5.41) is 19.8. The molecule has 3 N–H and O–H groups in total. The van der Waals surface area contributed by atoms with Gasteiger partial charge in [-0.1, -0.05) is 49.4 Å². The third-order valence-electron chi connectivity index (χ3n) is 7.36. The largest absolute Gasteiger partial charge is 0.497 e. The van der Waals surface area contributed by atoms with Gasteiger partial charge >= 0.3 is 11.8 Å². The maximum Gasteiger partial charge on any atom is 0.410 e. The van der Waals surface area contributed by atoms with Crippen LogP contribution in [0.3, 0.4) is 0 Å². The van der Waals surface area contributed by atoms with Crippen molar-refractivity contribution < 1.29 is 19.4 Å². The SMILES string of the molecule is CCc1cc2c(=O)n(CC(=O)c3ccc(OC)cc3)c(=O)n(Cc3ccc(-c4ccccc4C(=N)NC(=O)O)c(C)c3)c2s1. The Balaban J connectivity index is 1.54. The summed E-state index contributed by atoms with van der Waals surface area (Å²) in [5.74, 6) is -0.0141. The van der Waals surface area contributed by atoms with Crippen LogP contribution in [0.1, 0.15) is 38.8 Å². The molecule has 2 aromatic heterocycles. The van der Waals surface area contributed by atoms with Gasteiger partial charge in [0.25, 0.3) is 5.56 Å². The quantitative estimate of drug-likeness (QED) is 0.117. The number of fused-ring (bicyclic) bond motifs is 1. The van der Waals surface area contributed by atoms with Crippen molar-refractivity contribution in [1.82, 2.24) is 14.5 Å². The fourth-order valence-electron chi connectivity index (χ4n) is 5.13. The molecule has 224 valence electrons. The van der Waals surface area contributed by atoms with Gasteiger partial charge in [0.1, 0.15) is 16.4 Å². The van der Waals surface area contributed by atoms with Crippen molar-refractivity contribution in [2.75, 3.05) is 7.11 Å². The summed E-state index contributed by atoms with van der Waals surface area (Å²) < 4.78 is 7.70. The van der Waals surface area contributed by atoms with E-state index in [4.69, 9.17) is 15.3 Å². The number of nitrogens with zero attached hydrogens (tertiary/aromatic N) is 2. The summed E-state index contributed by atoms with van der Waals surface area (Å²) >= 11 is 1.39. The Morgan fingerprint density at radius 1 is 0.977 bits per heavy atom. The summed E-state index contributed by atoms with van der Waals surface area (Å²) in [6.07, 6.45) is -0.628. The molecule has 0 fully saturated rings. The Morgan fingerprint density at radius 3 is 2.36 bits per heavy atom. The lowest BCUT2D eigenvalue weighted by Crippen LogP contribution is -2.41. The van der Waals surface area contributed by atoms with Gasteiger partial charge in [0.05, 0.1) is 25.6 Å². The van der Waals surface area contributed by atoms with Crippen LogP contribution < -0.4 is 21.3 Å². The molecule has 0 aliphatic heterocycles. The third kappa shape index (κ3) is 5.95. The molecule has 5 rings (SSSR count). The Labute approximate surface area is 256 Å². The van der Waals surface area contributed by atoms with Gasteiger partial charge in [0.2, 0.25) is 0 Å². The number of hydrogen-bond donors (Lipinski definition) is 3. The van der Waals surface area contributed by atoms with Crippen LogP contribution in [-0.2, 0) is 19.5 Å². The first kappa shape index (κ1) is 30.2. The molecule has 0 saturated heterocycles. The van der Waals surface area contributed by atoms with E-state index in [1.807, 2.05) is 44.2 Å². The van der Waals surface area contributed by atoms with Crippen molar-refractivity contribution in [3.8, 4) is 16.9 Å². The van der Waals surface area contributed by atoms with E-state index in [2.05, 4.69) is 5.32 Å². The number of aromatic nitrogens is 2. The molecule has 0 unspecified atom stereocenters. The van der Waals surface area contributed by atoms with E-state index in [0.29, 0.717) is 39.1 Å². The number of methoxy groups -OCH3 is 1. The van der Waals surface area contributed by atoms with Gasteiger partial charge in [0, 0.05) is 16.0 Å². The number of Topliss-reactive ketones (excluding diaryl/α,β-unsaturated/α-hetero) is 1. The molecule has 0 bridgehead atoms.